The molecule has 3 rings (SSSR count). The lowest BCUT2D eigenvalue weighted by atomic mass is 10.1. The van der Waals surface area contributed by atoms with Crippen molar-refractivity contribution >= 4 is 11.8 Å². The second kappa shape index (κ2) is 6.37. The van der Waals surface area contributed by atoms with E-state index in [9.17, 15) is 0 Å². The molecule has 1 fully saturated rings. The topological polar surface area (TPSA) is 41.1 Å². The second-order valence-corrected chi connectivity index (χ2v) is 5.13. The Bertz CT molecular complexity index is 535. The molecule has 4 heteroatoms. The van der Waals surface area contributed by atoms with Gasteiger partial charge in [-0.3, -0.25) is 0 Å². The fourth-order valence-electron chi connectivity index (χ4n) is 2.51. The molecule has 104 valence electrons. The van der Waals surface area contributed by atoms with Crippen LogP contribution in [0.25, 0.3) is 0 Å². The highest BCUT2D eigenvalue weighted by molar-refractivity contribution is 5.43. The maximum atomic E-state index is 4.62. The van der Waals surface area contributed by atoms with Gasteiger partial charge in [0.15, 0.2) is 0 Å². The standard InChI is InChI=1S/C16H20N4/c1-3-7-14(8-4-1)13-18-16-17-10-9-15(19-16)20-11-5-2-6-12-20/h1,3-4,7-10H,2,5-6,11-13H2,(H,17,18,19). The molecule has 0 radical (unpaired) electrons. The zero-order valence-electron chi connectivity index (χ0n) is 11.6. The average molecular weight is 268 g/mol. The molecule has 1 aromatic carbocycles. The summed E-state index contributed by atoms with van der Waals surface area (Å²) in [6, 6.07) is 12.3. The Balaban J connectivity index is 1.65. The van der Waals surface area contributed by atoms with Crippen LogP contribution in [-0.4, -0.2) is 23.1 Å². The summed E-state index contributed by atoms with van der Waals surface area (Å²) in [5.74, 6) is 1.74. The number of anilines is 2. The number of piperidine rings is 1. The maximum Gasteiger partial charge on any atom is 0.224 e. The van der Waals surface area contributed by atoms with Gasteiger partial charge in [0.1, 0.15) is 5.82 Å². The van der Waals surface area contributed by atoms with Gasteiger partial charge in [0.05, 0.1) is 0 Å². The molecule has 0 amide bonds. The molecular weight excluding hydrogens is 248 g/mol. The van der Waals surface area contributed by atoms with Gasteiger partial charge in [-0.25, -0.2) is 4.98 Å². The smallest absolute Gasteiger partial charge is 0.224 e. The van der Waals surface area contributed by atoms with E-state index in [1.54, 1.807) is 0 Å². The summed E-state index contributed by atoms with van der Waals surface area (Å²) in [5, 5.41) is 3.29. The minimum atomic E-state index is 0.705. The van der Waals surface area contributed by atoms with E-state index >= 15 is 0 Å². The highest BCUT2D eigenvalue weighted by Gasteiger charge is 2.12. The minimum Gasteiger partial charge on any atom is -0.356 e. The summed E-state index contributed by atoms with van der Waals surface area (Å²) in [6.45, 7) is 2.97. The van der Waals surface area contributed by atoms with Crippen molar-refractivity contribution in [3.05, 3.63) is 48.2 Å². The molecule has 0 bridgehead atoms. The normalized spacial score (nSPS) is 15.1. The maximum absolute atomic E-state index is 4.62. The Kier molecular flexibility index (Phi) is 4.11. The number of rotatable bonds is 4. The molecule has 20 heavy (non-hydrogen) atoms. The predicted octanol–water partition coefficient (Wildman–Crippen LogP) is 3.08. The van der Waals surface area contributed by atoms with Crippen molar-refractivity contribution in [2.75, 3.05) is 23.3 Å². The number of aromatic nitrogens is 2. The lowest BCUT2D eigenvalue weighted by Gasteiger charge is -2.27. The molecule has 0 atom stereocenters. The second-order valence-electron chi connectivity index (χ2n) is 5.13. The van der Waals surface area contributed by atoms with E-state index in [1.807, 2.05) is 30.5 Å². The van der Waals surface area contributed by atoms with E-state index in [0.29, 0.717) is 5.95 Å². The molecule has 2 aromatic rings. The lowest BCUT2D eigenvalue weighted by Crippen LogP contribution is -2.30. The van der Waals surface area contributed by atoms with Crippen molar-refractivity contribution in [3.63, 3.8) is 0 Å². The van der Waals surface area contributed by atoms with E-state index in [2.05, 4.69) is 32.3 Å². The Labute approximate surface area is 119 Å². The molecule has 1 aliphatic heterocycles. The average Bonchev–Trinajstić information content (AvgIpc) is 2.55. The fourth-order valence-corrected chi connectivity index (χ4v) is 2.51. The number of hydrogen-bond donors (Lipinski definition) is 1. The Morgan fingerprint density at radius 3 is 2.60 bits per heavy atom. The van der Waals surface area contributed by atoms with E-state index in [0.717, 1.165) is 25.5 Å². The molecule has 0 aliphatic carbocycles. The van der Waals surface area contributed by atoms with Gasteiger partial charge in [-0.2, -0.15) is 4.98 Å². The first kappa shape index (κ1) is 12.9. The van der Waals surface area contributed by atoms with Gasteiger partial charge in [0.25, 0.3) is 0 Å². The first-order chi connectivity index (χ1) is 9.92. The summed E-state index contributed by atoms with van der Waals surface area (Å²) in [7, 11) is 0. The lowest BCUT2D eigenvalue weighted by molar-refractivity contribution is 0.573. The molecule has 4 nitrogen and oxygen atoms in total. The number of nitrogens with zero attached hydrogens (tertiary/aromatic N) is 3. The number of hydrogen-bond acceptors (Lipinski definition) is 4. The monoisotopic (exact) mass is 268 g/mol. The van der Waals surface area contributed by atoms with Crippen LogP contribution in [0.4, 0.5) is 11.8 Å². The van der Waals surface area contributed by atoms with Crippen LogP contribution in [0.3, 0.4) is 0 Å². The molecule has 1 saturated heterocycles. The molecule has 2 heterocycles. The van der Waals surface area contributed by atoms with Crippen molar-refractivity contribution in [2.45, 2.75) is 25.8 Å². The third kappa shape index (κ3) is 3.26. The van der Waals surface area contributed by atoms with Crippen molar-refractivity contribution in [2.24, 2.45) is 0 Å². The quantitative estimate of drug-likeness (QED) is 0.925. The van der Waals surface area contributed by atoms with Crippen LogP contribution in [0.15, 0.2) is 42.6 Å². The van der Waals surface area contributed by atoms with Crippen LogP contribution in [0.2, 0.25) is 0 Å². The molecule has 0 saturated carbocycles. The zero-order chi connectivity index (χ0) is 13.6. The van der Waals surface area contributed by atoms with Gasteiger partial charge in [0, 0.05) is 25.8 Å². The van der Waals surface area contributed by atoms with Crippen molar-refractivity contribution in [1.82, 2.24) is 9.97 Å². The summed E-state index contributed by atoms with van der Waals surface area (Å²) in [5.41, 5.74) is 1.24. The van der Waals surface area contributed by atoms with Gasteiger partial charge < -0.3 is 10.2 Å². The molecular formula is C16H20N4. The third-order valence-electron chi connectivity index (χ3n) is 3.61. The highest BCUT2D eigenvalue weighted by atomic mass is 15.2. The number of nitrogens with one attached hydrogen (secondary N) is 1. The van der Waals surface area contributed by atoms with Crippen molar-refractivity contribution in [3.8, 4) is 0 Å². The summed E-state index contributed by atoms with van der Waals surface area (Å²) >= 11 is 0. The summed E-state index contributed by atoms with van der Waals surface area (Å²) in [4.78, 5) is 11.3. The highest BCUT2D eigenvalue weighted by Crippen LogP contribution is 2.18. The Morgan fingerprint density at radius 2 is 1.80 bits per heavy atom. The van der Waals surface area contributed by atoms with E-state index in [1.165, 1.54) is 24.8 Å². The van der Waals surface area contributed by atoms with Gasteiger partial charge in [0.2, 0.25) is 5.95 Å². The van der Waals surface area contributed by atoms with Gasteiger partial charge in [-0.1, -0.05) is 30.3 Å². The van der Waals surface area contributed by atoms with Gasteiger partial charge in [-0.05, 0) is 30.9 Å². The molecule has 1 aromatic heterocycles. The van der Waals surface area contributed by atoms with E-state index in [-0.39, 0.29) is 0 Å². The fraction of sp³-hybridized carbons (Fsp3) is 0.375. The van der Waals surface area contributed by atoms with E-state index < -0.39 is 0 Å². The SMILES string of the molecule is c1ccc(CNc2nccc(N3CCCCC3)n2)cc1. The molecule has 1 aliphatic rings. The van der Waals surface area contributed by atoms with E-state index in [4.69, 9.17) is 0 Å². The van der Waals surface area contributed by atoms with Gasteiger partial charge >= 0.3 is 0 Å². The Hall–Kier alpha value is -2.10. The predicted molar refractivity (Wildman–Crippen MR) is 81.9 cm³/mol. The molecule has 0 spiro atoms. The first-order valence-corrected chi connectivity index (χ1v) is 7.27. The number of benzene rings is 1. The van der Waals surface area contributed by atoms with Crippen LogP contribution >= 0.6 is 0 Å². The zero-order valence-corrected chi connectivity index (χ0v) is 11.6. The van der Waals surface area contributed by atoms with Crippen molar-refractivity contribution < 1.29 is 0 Å². The van der Waals surface area contributed by atoms with Crippen LogP contribution in [0.1, 0.15) is 24.8 Å². The van der Waals surface area contributed by atoms with Crippen LogP contribution in [-0.2, 0) is 6.54 Å². The largest absolute Gasteiger partial charge is 0.356 e. The summed E-state index contributed by atoms with van der Waals surface area (Å²) < 4.78 is 0. The van der Waals surface area contributed by atoms with Crippen molar-refractivity contribution in [1.29, 1.82) is 0 Å². The molecule has 1 N–H and O–H groups in total. The summed E-state index contributed by atoms with van der Waals surface area (Å²) in [6.07, 6.45) is 5.69. The Morgan fingerprint density at radius 1 is 1.00 bits per heavy atom. The van der Waals surface area contributed by atoms with Crippen LogP contribution in [0, 0.1) is 0 Å². The first-order valence-electron chi connectivity index (χ1n) is 7.27. The van der Waals surface area contributed by atoms with Crippen LogP contribution < -0.4 is 10.2 Å². The molecule has 0 unspecified atom stereocenters. The minimum absolute atomic E-state index is 0.705. The van der Waals surface area contributed by atoms with Gasteiger partial charge in [-0.15, -0.1) is 0 Å². The van der Waals surface area contributed by atoms with Crippen LogP contribution in [0.5, 0.6) is 0 Å². The third-order valence-corrected chi connectivity index (χ3v) is 3.61.